The van der Waals surface area contributed by atoms with Gasteiger partial charge in [-0.3, -0.25) is 14.2 Å². The maximum absolute atomic E-state index is 13.8. The number of pyridine rings is 1. The first-order chi connectivity index (χ1) is 16.7. The summed E-state index contributed by atoms with van der Waals surface area (Å²) in [6.45, 7) is 7.77. The van der Waals surface area contributed by atoms with Crippen molar-refractivity contribution in [1.29, 1.82) is 0 Å². The zero-order chi connectivity index (χ0) is 25.2. The minimum absolute atomic E-state index is 0.00447. The standard InChI is InChI=1S/C23H28F2N6O3S/c1-4-30-16(2)13-29(14-17(30)3)35(32,33)31(20-8-6-5-7-9-20)15-19-11-10-18(12-26-19)22-27-28-23(34-22)21(24)25/h5-12,16-17,21H,4,13-15H2,1-3H3. The summed E-state index contributed by atoms with van der Waals surface area (Å²) in [6.07, 6.45) is -1.46. The van der Waals surface area contributed by atoms with Gasteiger partial charge in [0.2, 0.25) is 5.89 Å². The number of anilines is 1. The van der Waals surface area contributed by atoms with E-state index < -0.39 is 22.5 Å². The Morgan fingerprint density at radius 2 is 1.77 bits per heavy atom. The van der Waals surface area contributed by atoms with Crippen molar-refractivity contribution in [2.75, 3.05) is 23.9 Å². The number of benzene rings is 1. The highest BCUT2D eigenvalue weighted by Crippen LogP contribution is 2.27. The van der Waals surface area contributed by atoms with Crippen LogP contribution in [0.4, 0.5) is 14.5 Å². The van der Waals surface area contributed by atoms with E-state index in [-0.39, 0.29) is 24.5 Å². The van der Waals surface area contributed by atoms with Crippen LogP contribution in [0.3, 0.4) is 0 Å². The van der Waals surface area contributed by atoms with Crippen molar-refractivity contribution in [1.82, 2.24) is 24.4 Å². The molecule has 0 radical (unpaired) electrons. The van der Waals surface area contributed by atoms with Gasteiger partial charge in [0.15, 0.2) is 0 Å². The van der Waals surface area contributed by atoms with Crippen molar-refractivity contribution in [2.24, 2.45) is 0 Å². The van der Waals surface area contributed by atoms with E-state index in [0.29, 0.717) is 30.0 Å². The summed E-state index contributed by atoms with van der Waals surface area (Å²) in [5, 5.41) is 6.94. The van der Waals surface area contributed by atoms with Gasteiger partial charge in [-0.15, -0.1) is 10.2 Å². The quantitative estimate of drug-likeness (QED) is 0.459. The minimum Gasteiger partial charge on any atom is -0.415 e. The van der Waals surface area contributed by atoms with Crippen LogP contribution in [0.2, 0.25) is 0 Å². The van der Waals surface area contributed by atoms with Gasteiger partial charge in [-0.05, 0) is 44.7 Å². The summed E-state index contributed by atoms with van der Waals surface area (Å²) in [7, 11) is -3.87. The van der Waals surface area contributed by atoms with Crippen molar-refractivity contribution in [3.8, 4) is 11.5 Å². The average molecular weight is 507 g/mol. The Kier molecular flexibility index (Phi) is 7.43. The summed E-state index contributed by atoms with van der Waals surface area (Å²) in [5.41, 5.74) is 1.36. The first-order valence-electron chi connectivity index (χ1n) is 11.4. The number of hydrogen-bond acceptors (Lipinski definition) is 7. The summed E-state index contributed by atoms with van der Waals surface area (Å²) in [4.78, 5) is 6.63. The molecule has 1 fully saturated rings. The third-order valence-electron chi connectivity index (χ3n) is 6.09. The monoisotopic (exact) mass is 506 g/mol. The van der Waals surface area contributed by atoms with Gasteiger partial charge >= 0.3 is 16.6 Å². The predicted octanol–water partition coefficient (Wildman–Crippen LogP) is 3.74. The SMILES string of the molecule is CCN1C(C)CN(S(=O)(=O)N(Cc2ccc(-c3nnc(C(F)F)o3)cn2)c2ccccc2)CC1C. The molecule has 0 bridgehead atoms. The molecule has 2 aromatic heterocycles. The van der Waals surface area contributed by atoms with Crippen LogP contribution in [0.1, 0.15) is 38.8 Å². The summed E-state index contributed by atoms with van der Waals surface area (Å²) < 4.78 is 61.0. The van der Waals surface area contributed by atoms with Crippen LogP contribution < -0.4 is 4.31 Å². The molecule has 1 aliphatic rings. The van der Waals surface area contributed by atoms with Crippen LogP contribution in [0.15, 0.2) is 53.1 Å². The highest BCUT2D eigenvalue weighted by atomic mass is 32.2. The van der Waals surface area contributed by atoms with E-state index in [4.69, 9.17) is 4.42 Å². The van der Waals surface area contributed by atoms with Gasteiger partial charge in [-0.2, -0.15) is 21.5 Å². The Balaban J connectivity index is 1.60. The lowest BCUT2D eigenvalue weighted by Crippen LogP contribution is -2.60. The number of alkyl halides is 2. The molecule has 35 heavy (non-hydrogen) atoms. The van der Waals surface area contributed by atoms with Gasteiger partial charge in [0, 0.05) is 31.4 Å². The Bertz CT molecular complexity index is 1210. The Morgan fingerprint density at radius 1 is 1.09 bits per heavy atom. The Labute approximate surface area is 203 Å². The smallest absolute Gasteiger partial charge is 0.314 e. The highest BCUT2D eigenvalue weighted by molar-refractivity contribution is 7.90. The lowest BCUT2D eigenvalue weighted by atomic mass is 10.1. The molecule has 0 amide bonds. The molecule has 12 heteroatoms. The molecule has 0 aliphatic carbocycles. The van der Waals surface area contributed by atoms with E-state index >= 15 is 0 Å². The summed E-state index contributed by atoms with van der Waals surface area (Å²) in [5.74, 6) is -0.847. The molecule has 1 aromatic carbocycles. The molecule has 0 N–H and O–H groups in total. The molecule has 2 unspecified atom stereocenters. The molecular weight excluding hydrogens is 478 g/mol. The normalized spacial score (nSPS) is 19.8. The maximum Gasteiger partial charge on any atom is 0.314 e. The molecule has 4 rings (SSSR count). The number of aromatic nitrogens is 3. The average Bonchev–Trinajstić information content (AvgIpc) is 3.34. The van der Waals surface area contributed by atoms with E-state index in [1.807, 2.05) is 19.9 Å². The van der Waals surface area contributed by atoms with Gasteiger partial charge < -0.3 is 4.42 Å². The summed E-state index contributed by atoms with van der Waals surface area (Å²) in [6, 6.07) is 12.2. The fraction of sp³-hybridized carbons (Fsp3) is 0.435. The second kappa shape index (κ2) is 10.3. The third-order valence-corrected chi connectivity index (χ3v) is 7.93. The fourth-order valence-electron chi connectivity index (χ4n) is 4.39. The van der Waals surface area contributed by atoms with Crippen molar-refractivity contribution in [3.63, 3.8) is 0 Å². The lowest BCUT2D eigenvalue weighted by Gasteiger charge is -2.44. The molecule has 9 nitrogen and oxygen atoms in total. The first kappa shape index (κ1) is 25.1. The van der Waals surface area contributed by atoms with Gasteiger partial charge in [-0.25, -0.2) is 0 Å². The van der Waals surface area contributed by atoms with E-state index in [1.165, 1.54) is 14.8 Å². The van der Waals surface area contributed by atoms with Gasteiger partial charge in [0.25, 0.3) is 5.89 Å². The largest absolute Gasteiger partial charge is 0.415 e. The molecule has 188 valence electrons. The number of para-hydroxylation sites is 1. The maximum atomic E-state index is 13.8. The van der Waals surface area contributed by atoms with Crippen molar-refractivity contribution in [2.45, 2.75) is 45.8 Å². The van der Waals surface area contributed by atoms with Crippen LogP contribution >= 0.6 is 0 Å². The van der Waals surface area contributed by atoms with Crippen LogP contribution in [-0.4, -0.2) is 64.5 Å². The summed E-state index contributed by atoms with van der Waals surface area (Å²) >= 11 is 0. The number of rotatable bonds is 8. The van der Waals surface area contributed by atoms with Crippen molar-refractivity contribution >= 4 is 15.9 Å². The number of halogens is 2. The van der Waals surface area contributed by atoms with Crippen LogP contribution in [-0.2, 0) is 16.8 Å². The van der Waals surface area contributed by atoms with E-state index in [0.717, 1.165) is 6.54 Å². The van der Waals surface area contributed by atoms with Gasteiger partial charge in [0.05, 0.1) is 23.5 Å². The minimum atomic E-state index is -3.87. The number of likely N-dealkylation sites (N-methyl/N-ethyl adjacent to an activating group) is 1. The Morgan fingerprint density at radius 3 is 2.31 bits per heavy atom. The van der Waals surface area contributed by atoms with Crippen LogP contribution in [0.5, 0.6) is 0 Å². The van der Waals surface area contributed by atoms with Crippen LogP contribution in [0.25, 0.3) is 11.5 Å². The third kappa shape index (κ3) is 5.34. The van der Waals surface area contributed by atoms with Gasteiger partial charge in [-0.1, -0.05) is 25.1 Å². The molecule has 1 aliphatic heterocycles. The highest BCUT2D eigenvalue weighted by Gasteiger charge is 2.38. The van der Waals surface area contributed by atoms with E-state index in [2.05, 4.69) is 27.0 Å². The first-order valence-corrected chi connectivity index (χ1v) is 12.8. The number of hydrogen-bond donors (Lipinski definition) is 0. The van der Waals surface area contributed by atoms with E-state index in [9.17, 15) is 17.2 Å². The lowest BCUT2D eigenvalue weighted by molar-refractivity contribution is 0.0827. The van der Waals surface area contributed by atoms with Gasteiger partial charge in [0.1, 0.15) is 0 Å². The van der Waals surface area contributed by atoms with Crippen LogP contribution in [0, 0.1) is 0 Å². The molecule has 3 aromatic rings. The molecule has 1 saturated heterocycles. The molecular formula is C23H28F2N6O3S. The van der Waals surface area contributed by atoms with Crippen molar-refractivity contribution in [3.05, 3.63) is 60.2 Å². The number of piperazine rings is 1. The molecule has 2 atom stereocenters. The van der Waals surface area contributed by atoms with Crippen molar-refractivity contribution < 1.29 is 21.6 Å². The topological polar surface area (TPSA) is 95.7 Å². The zero-order valence-corrected chi connectivity index (χ0v) is 20.6. The predicted molar refractivity (Wildman–Crippen MR) is 127 cm³/mol. The van der Waals surface area contributed by atoms with E-state index in [1.54, 1.807) is 36.4 Å². The second-order valence-electron chi connectivity index (χ2n) is 8.48. The fourth-order valence-corrected chi connectivity index (χ4v) is 6.16. The molecule has 0 spiro atoms. The zero-order valence-electron chi connectivity index (χ0n) is 19.8. The number of nitrogens with zero attached hydrogens (tertiary/aromatic N) is 6. The second-order valence-corrected chi connectivity index (χ2v) is 10.3. The molecule has 0 saturated carbocycles. The molecule has 3 heterocycles. The Hall–Kier alpha value is -2.96.